The van der Waals surface area contributed by atoms with Gasteiger partial charge in [-0.1, -0.05) is 53.4 Å². The number of hydrogen-bond donors (Lipinski definition) is 1. The molecular weight excluding hydrogens is 253 g/mol. The standard InChI is InChI=1S/C14H17Cl2N/c15-12-9-5-8-11(13(12)16)14(17)10-6-3-1-2-4-7-10/h5-6,8-9,14H,1-4,7,17H2. The molecule has 1 aromatic rings. The van der Waals surface area contributed by atoms with E-state index >= 15 is 0 Å². The average Bonchev–Trinajstić information content (AvgIpc) is 2.60. The molecule has 1 aromatic carbocycles. The van der Waals surface area contributed by atoms with E-state index in [0.29, 0.717) is 10.0 Å². The highest BCUT2D eigenvalue weighted by atomic mass is 35.5. The Labute approximate surface area is 113 Å². The van der Waals surface area contributed by atoms with E-state index < -0.39 is 0 Å². The molecule has 0 fully saturated rings. The van der Waals surface area contributed by atoms with Gasteiger partial charge in [0.15, 0.2) is 0 Å². The van der Waals surface area contributed by atoms with Crippen molar-refractivity contribution in [1.82, 2.24) is 0 Å². The van der Waals surface area contributed by atoms with E-state index in [1.807, 2.05) is 12.1 Å². The Morgan fingerprint density at radius 2 is 1.94 bits per heavy atom. The summed E-state index contributed by atoms with van der Waals surface area (Å²) in [6.45, 7) is 0. The molecule has 1 atom stereocenters. The fourth-order valence-electron chi connectivity index (χ4n) is 2.28. The monoisotopic (exact) mass is 269 g/mol. The highest BCUT2D eigenvalue weighted by molar-refractivity contribution is 6.42. The summed E-state index contributed by atoms with van der Waals surface area (Å²) in [5.41, 5.74) is 8.53. The molecule has 3 heteroatoms. The minimum atomic E-state index is -0.112. The topological polar surface area (TPSA) is 26.0 Å². The van der Waals surface area contributed by atoms with Crippen LogP contribution in [0.4, 0.5) is 0 Å². The molecular formula is C14H17Cl2N. The quantitative estimate of drug-likeness (QED) is 0.761. The number of hydrogen-bond acceptors (Lipinski definition) is 1. The van der Waals surface area contributed by atoms with Crippen LogP contribution in [0, 0.1) is 0 Å². The minimum Gasteiger partial charge on any atom is -0.320 e. The zero-order valence-corrected chi connectivity index (χ0v) is 11.3. The van der Waals surface area contributed by atoms with E-state index in [4.69, 9.17) is 28.9 Å². The third kappa shape index (κ3) is 3.04. The van der Waals surface area contributed by atoms with Crippen molar-refractivity contribution in [3.05, 3.63) is 45.5 Å². The van der Waals surface area contributed by atoms with Crippen LogP contribution >= 0.6 is 23.2 Å². The van der Waals surface area contributed by atoms with Crippen molar-refractivity contribution in [2.24, 2.45) is 5.73 Å². The molecule has 0 saturated carbocycles. The van der Waals surface area contributed by atoms with Crippen LogP contribution in [0.5, 0.6) is 0 Å². The molecule has 17 heavy (non-hydrogen) atoms. The number of nitrogens with two attached hydrogens (primary N) is 1. The Morgan fingerprint density at radius 3 is 2.76 bits per heavy atom. The number of halogens is 2. The lowest BCUT2D eigenvalue weighted by Crippen LogP contribution is -2.13. The fraction of sp³-hybridized carbons (Fsp3) is 0.429. The third-order valence-electron chi connectivity index (χ3n) is 3.29. The summed E-state index contributed by atoms with van der Waals surface area (Å²) in [5.74, 6) is 0. The van der Waals surface area contributed by atoms with Gasteiger partial charge in [0.1, 0.15) is 0 Å². The highest BCUT2D eigenvalue weighted by Gasteiger charge is 2.17. The first-order valence-electron chi connectivity index (χ1n) is 6.08. The molecule has 2 N–H and O–H groups in total. The van der Waals surface area contributed by atoms with E-state index in [1.54, 1.807) is 6.07 Å². The number of rotatable bonds is 2. The lowest BCUT2D eigenvalue weighted by molar-refractivity contribution is 0.688. The van der Waals surface area contributed by atoms with E-state index in [0.717, 1.165) is 18.4 Å². The predicted molar refractivity (Wildman–Crippen MR) is 74.6 cm³/mol. The summed E-state index contributed by atoms with van der Waals surface area (Å²) >= 11 is 12.2. The molecule has 0 spiro atoms. The molecule has 0 amide bonds. The van der Waals surface area contributed by atoms with Crippen LogP contribution in [0.25, 0.3) is 0 Å². The number of allylic oxidation sites excluding steroid dienone is 1. The van der Waals surface area contributed by atoms with Crippen LogP contribution in [-0.2, 0) is 0 Å². The van der Waals surface area contributed by atoms with Crippen molar-refractivity contribution < 1.29 is 0 Å². The van der Waals surface area contributed by atoms with Crippen LogP contribution in [-0.4, -0.2) is 0 Å². The lowest BCUT2D eigenvalue weighted by atomic mass is 9.96. The maximum Gasteiger partial charge on any atom is 0.0643 e. The van der Waals surface area contributed by atoms with Gasteiger partial charge in [0.25, 0.3) is 0 Å². The molecule has 1 aliphatic rings. The van der Waals surface area contributed by atoms with E-state index in [2.05, 4.69) is 6.08 Å². The normalized spacial score (nSPS) is 18.4. The molecule has 2 rings (SSSR count). The first kappa shape index (κ1) is 12.9. The second-order valence-corrected chi connectivity index (χ2v) is 5.28. The van der Waals surface area contributed by atoms with E-state index in [1.165, 1.54) is 24.8 Å². The summed E-state index contributed by atoms with van der Waals surface area (Å²) in [4.78, 5) is 0. The van der Waals surface area contributed by atoms with Gasteiger partial charge in [0.05, 0.1) is 16.1 Å². The summed E-state index contributed by atoms with van der Waals surface area (Å²) in [6.07, 6.45) is 8.24. The average molecular weight is 270 g/mol. The molecule has 0 radical (unpaired) electrons. The molecule has 0 aliphatic heterocycles. The Morgan fingerprint density at radius 1 is 1.12 bits per heavy atom. The number of benzene rings is 1. The second kappa shape index (κ2) is 5.90. The zero-order chi connectivity index (χ0) is 12.3. The van der Waals surface area contributed by atoms with Gasteiger partial charge in [-0.25, -0.2) is 0 Å². The van der Waals surface area contributed by atoms with Gasteiger partial charge in [0.2, 0.25) is 0 Å². The minimum absolute atomic E-state index is 0.112. The van der Waals surface area contributed by atoms with Crippen LogP contribution in [0.3, 0.4) is 0 Å². The molecule has 0 saturated heterocycles. The van der Waals surface area contributed by atoms with E-state index in [-0.39, 0.29) is 6.04 Å². The Kier molecular flexibility index (Phi) is 4.49. The van der Waals surface area contributed by atoms with Crippen molar-refractivity contribution in [3.8, 4) is 0 Å². The largest absolute Gasteiger partial charge is 0.320 e. The van der Waals surface area contributed by atoms with Crippen LogP contribution < -0.4 is 5.73 Å². The maximum atomic E-state index is 6.30. The third-order valence-corrected chi connectivity index (χ3v) is 4.13. The van der Waals surface area contributed by atoms with Crippen LogP contribution in [0.1, 0.15) is 43.7 Å². The van der Waals surface area contributed by atoms with Crippen molar-refractivity contribution in [1.29, 1.82) is 0 Å². The van der Waals surface area contributed by atoms with Crippen LogP contribution in [0.2, 0.25) is 10.0 Å². The Hall–Kier alpha value is -0.500. The molecule has 1 unspecified atom stereocenters. The first-order chi connectivity index (χ1) is 8.20. The Bertz CT molecular complexity index is 426. The molecule has 0 heterocycles. The van der Waals surface area contributed by atoms with Gasteiger partial charge in [-0.15, -0.1) is 0 Å². The van der Waals surface area contributed by atoms with Crippen molar-refractivity contribution >= 4 is 23.2 Å². The van der Waals surface area contributed by atoms with Crippen molar-refractivity contribution in [2.75, 3.05) is 0 Å². The van der Waals surface area contributed by atoms with Gasteiger partial charge in [-0.05, 0) is 37.3 Å². The molecule has 92 valence electrons. The van der Waals surface area contributed by atoms with Crippen molar-refractivity contribution in [3.63, 3.8) is 0 Å². The first-order valence-corrected chi connectivity index (χ1v) is 6.84. The maximum absolute atomic E-state index is 6.30. The summed E-state index contributed by atoms with van der Waals surface area (Å²) < 4.78 is 0. The van der Waals surface area contributed by atoms with Gasteiger partial charge < -0.3 is 5.73 Å². The van der Waals surface area contributed by atoms with E-state index in [9.17, 15) is 0 Å². The lowest BCUT2D eigenvalue weighted by Gasteiger charge is -2.17. The molecule has 0 bridgehead atoms. The van der Waals surface area contributed by atoms with Gasteiger partial charge in [-0.3, -0.25) is 0 Å². The molecule has 1 aliphatic carbocycles. The van der Waals surface area contributed by atoms with Gasteiger partial charge in [-0.2, -0.15) is 0 Å². The summed E-state index contributed by atoms with van der Waals surface area (Å²) in [6, 6.07) is 5.55. The predicted octanol–water partition coefficient (Wildman–Crippen LogP) is 4.88. The SMILES string of the molecule is NC(C1=CCCCCC1)c1cccc(Cl)c1Cl. The van der Waals surface area contributed by atoms with Gasteiger partial charge >= 0.3 is 0 Å². The highest BCUT2D eigenvalue weighted by Crippen LogP contribution is 2.34. The fourth-order valence-corrected chi connectivity index (χ4v) is 2.71. The molecule has 0 aromatic heterocycles. The summed E-state index contributed by atoms with van der Waals surface area (Å²) in [7, 11) is 0. The zero-order valence-electron chi connectivity index (χ0n) is 9.76. The Balaban J connectivity index is 2.26. The smallest absolute Gasteiger partial charge is 0.0643 e. The second-order valence-electron chi connectivity index (χ2n) is 4.50. The van der Waals surface area contributed by atoms with Gasteiger partial charge in [0, 0.05) is 0 Å². The molecule has 1 nitrogen and oxygen atoms in total. The summed E-state index contributed by atoms with van der Waals surface area (Å²) in [5, 5.41) is 1.17. The van der Waals surface area contributed by atoms with Crippen molar-refractivity contribution in [2.45, 2.75) is 38.1 Å². The van der Waals surface area contributed by atoms with Crippen LogP contribution in [0.15, 0.2) is 29.8 Å².